The Bertz CT molecular complexity index is 893. The van der Waals surface area contributed by atoms with Gasteiger partial charge in [-0.05, 0) is 74.4 Å². The van der Waals surface area contributed by atoms with E-state index in [4.69, 9.17) is 16.3 Å². The van der Waals surface area contributed by atoms with Crippen molar-refractivity contribution in [3.05, 3.63) is 58.9 Å². The van der Waals surface area contributed by atoms with E-state index in [1.165, 1.54) is 0 Å². The maximum Gasteiger partial charge on any atom is 0.415 e. The van der Waals surface area contributed by atoms with E-state index in [-0.39, 0.29) is 18.0 Å². The van der Waals surface area contributed by atoms with Gasteiger partial charge in [-0.25, -0.2) is 4.79 Å². The molecule has 2 amide bonds. The number of piperidine rings is 1. The van der Waals surface area contributed by atoms with Crippen LogP contribution >= 0.6 is 11.6 Å². The van der Waals surface area contributed by atoms with Gasteiger partial charge in [0.2, 0.25) is 0 Å². The van der Waals surface area contributed by atoms with Crippen LogP contribution in [0.4, 0.5) is 4.79 Å². The van der Waals surface area contributed by atoms with Gasteiger partial charge in [0.25, 0.3) is 5.91 Å². The zero-order valence-corrected chi connectivity index (χ0v) is 19.1. The maximum atomic E-state index is 12.8. The third kappa shape index (κ3) is 6.44. The molecule has 1 N–H and O–H groups in total. The van der Waals surface area contributed by atoms with E-state index in [9.17, 15) is 9.59 Å². The average molecular weight is 444 g/mol. The van der Waals surface area contributed by atoms with Crippen LogP contribution in [0.15, 0.2) is 42.6 Å². The minimum absolute atomic E-state index is 0.0573. The Morgan fingerprint density at radius 1 is 1.19 bits per heavy atom. The van der Waals surface area contributed by atoms with Gasteiger partial charge in [-0.2, -0.15) is 0 Å². The highest BCUT2D eigenvalue weighted by Crippen LogP contribution is 2.26. The third-order valence-electron chi connectivity index (χ3n) is 5.67. The lowest BCUT2D eigenvalue weighted by Crippen LogP contribution is -2.47. The van der Waals surface area contributed by atoms with Crippen molar-refractivity contribution < 1.29 is 14.3 Å². The van der Waals surface area contributed by atoms with Crippen molar-refractivity contribution in [2.75, 3.05) is 13.1 Å². The number of hydrogen-bond donors (Lipinski definition) is 1. The summed E-state index contributed by atoms with van der Waals surface area (Å²) in [6.07, 6.45) is 3.85. The van der Waals surface area contributed by atoms with E-state index in [0.717, 1.165) is 19.3 Å². The van der Waals surface area contributed by atoms with Gasteiger partial charge >= 0.3 is 6.09 Å². The van der Waals surface area contributed by atoms with Gasteiger partial charge in [0.05, 0.1) is 5.69 Å². The molecule has 1 saturated heterocycles. The normalized spacial score (nSPS) is 15.6. The van der Waals surface area contributed by atoms with Crippen molar-refractivity contribution in [2.24, 2.45) is 11.8 Å². The van der Waals surface area contributed by atoms with Crippen molar-refractivity contribution in [2.45, 2.75) is 46.1 Å². The summed E-state index contributed by atoms with van der Waals surface area (Å²) < 4.78 is 5.52. The monoisotopic (exact) mass is 443 g/mol. The Morgan fingerprint density at radius 3 is 2.48 bits per heavy atom. The highest BCUT2D eigenvalue weighted by Gasteiger charge is 2.31. The zero-order chi connectivity index (χ0) is 22.4. The molecule has 1 atom stereocenters. The minimum Gasteiger partial charge on any atom is -0.408 e. The molecule has 7 heteroatoms. The smallest absolute Gasteiger partial charge is 0.408 e. The number of aryl methyl sites for hydroxylation is 1. The molecule has 1 fully saturated rings. The van der Waals surface area contributed by atoms with Crippen molar-refractivity contribution in [1.29, 1.82) is 0 Å². The lowest BCUT2D eigenvalue weighted by molar-refractivity contribution is 0.0871. The summed E-state index contributed by atoms with van der Waals surface area (Å²) >= 11 is 5.93. The Kier molecular flexibility index (Phi) is 7.91. The summed E-state index contributed by atoms with van der Waals surface area (Å²) in [5, 5.41) is 3.83. The number of aromatic nitrogens is 1. The molecule has 0 radical (unpaired) electrons. The number of rotatable bonds is 6. The fraction of sp³-hybridized carbons (Fsp3) is 0.458. The molecule has 166 valence electrons. The van der Waals surface area contributed by atoms with E-state index >= 15 is 0 Å². The van der Waals surface area contributed by atoms with Crippen LogP contribution in [0.5, 0.6) is 5.75 Å². The zero-order valence-electron chi connectivity index (χ0n) is 18.3. The standard InChI is InChI=1S/C24H30ClN3O3/c1-16(2)15-21(27-23(29)19-6-8-20(25)9-7-19)18-10-13-28(14-11-18)24(30)31-22-5-4-12-26-17(22)3/h4-9,12,16,18,21H,10-11,13-15H2,1-3H3,(H,27,29). The molecule has 2 aromatic rings. The van der Waals surface area contributed by atoms with Crippen LogP contribution in [0, 0.1) is 18.8 Å². The number of carbonyl (C=O) groups excluding carboxylic acids is 2. The first-order chi connectivity index (χ1) is 14.8. The Morgan fingerprint density at radius 2 is 1.87 bits per heavy atom. The lowest BCUT2D eigenvalue weighted by atomic mass is 9.85. The fourth-order valence-electron chi connectivity index (χ4n) is 3.95. The van der Waals surface area contributed by atoms with Gasteiger partial charge in [-0.1, -0.05) is 25.4 Å². The number of likely N-dealkylation sites (tertiary alicyclic amines) is 1. The number of carbonyl (C=O) groups is 2. The number of halogens is 1. The van der Waals surface area contributed by atoms with Gasteiger partial charge in [0, 0.05) is 35.9 Å². The van der Waals surface area contributed by atoms with Gasteiger partial charge in [-0.15, -0.1) is 0 Å². The fourth-order valence-corrected chi connectivity index (χ4v) is 4.08. The molecule has 1 unspecified atom stereocenters. The molecule has 1 aromatic heterocycles. The van der Waals surface area contributed by atoms with Gasteiger partial charge in [-0.3, -0.25) is 9.78 Å². The molecular weight excluding hydrogens is 414 g/mol. The quantitative estimate of drug-likeness (QED) is 0.674. The molecule has 6 nitrogen and oxygen atoms in total. The van der Waals surface area contributed by atoms with Crippen LogP contribution in [-0.2, 0) is 0 Å². The summed E-state index contributed by atoms with van der Waals surface area (Å²) in [6, 6.07) is 10.5. The van der Waals surface area contributed by atoms with Crippen molar-refractivity contribution in [3.63, 3.8) is 0 Å². The van der Waals surface area contributed by atoms with E-state index in [1.54, 1.807) is 47.5 Å². The molecule has 0 spiro atoms. The Hall–Kier alpha value is -2.60. The molecule has 1 aliphatic heterocycles. The second-order valence-electron chi connectivity index (χ2n) is 8.50. The summed E-state index contributed by atoms with van der Waals surface area (Å²) in [5.74, 6) is 1.16. The average Bonchev–Trinajstić information content (AvgIpc) is 2.75. The van der Waals surface area contributed by atoms with Crippen LogP contribution in [0.3, 0.4) is 0 Å². The maximum absolute atomic E-state index is 12.8. The van der Waals surface area contributed by atoms with Gasteiger partial charge < -0.3 is 15.0 Å². The number of pyridine rings is 1. The molecule has 0 bridgehead atoms. The molecular formula is C24H30ClN3O3. The molecule has 2 heterocycles. The molecule has 1 aromatic carbocycles. The van der Waals surface area contributed by atoms with E-state index in [0.29, 0.717) is 47.0 Å². The largest absolute Gasteiger partial charge is 0.415 e. The Labute approximate surface area is 188 Å². The first kappa shape index (κ1) is 23.1. The van der Waals surface area contributed by atoms with Crippen molar-refractivity contribution >= 4 is 23.6 Å². The van der Waals surface area contributed by atoms with Crippen LogP contribution < -0.4 is 10.1 Å². The number of nitrogens with one attached hydrogen (secondary N) is 1. The summed E-state index contributed by atoms with van der Waals surface area (Å²) in [7, 11) is 0. The first-order valence-electron chi connectivity index (χ1n) is 10.8. The highest BCUT2D eigenvalue weighted by molar-refractivity contribution is 6.30. The number of hydrogen-bond acceptors (Lipinski definition) is 4. The number of amides is 2. The Balaban J connectivity index is 1.58. The number of benzene rings is 1. The number of nitrogens with zero attached hydrogens (tertiary/aromatic N) is 2. The SMILES string of the molecule is Cc1ncccc1OC(=O)N1CCC(C(CC(C)C)NC(=O)c2ccc(Cl)cc2)CC1. The molecule has 3 rings (SSSR count). The van der Waals surface area contributed by atoms with Crippen molar-refractivity contribution in [3.8, 4) is 5.75 Å². The lowest BCUT2D eigenvalue weighted by Gasteiger charge is -2.36. The van der Waals surface area contributed by atoms with E-state index < -0.39 is 0 Å². The second-order valence-corrected chi connectivity index (χ2v) is 8.93. The molecule has 1 aliphatic rings. The second kappa shape index (κ2) is 10.6. The molecule has 0 saturated carbocycles. The van der Waals surface area contributed by atoms with Crippen LogP contribution in [0.25, 0.3) is 0 Å². The topological polar surface area (TPSA) is 71.5 Å². The third-order valence-corrected chi connectivity index (χ3v) is 5.92. The molecule has 0 aliphatic carbocycles. The minimum atomic E-state index is -0.347. The highest BCUT2D eigenvalue weighted by atomic mass is 35.5. The van der Waals surface area contributed by atoms with E-state index in [2.05, 4.69) is 24.1 Å². The van der Waals surface area contributed by atoms with E-state index in [1.807, 2.05) is 6.92 Å². The van der Waals surface area contributed by atoms with Crippen molar-refractivity contribution in [1.82, 2.24) is 15.2 Å². The number of ether oxygens (including phenoxy) is 1. The predicted molar refractivity (Wildman–Crippen MR) is 121 cm³/mol. The van der Waals surface area contributed by atoms with Gasteiger partial charge in [0.1, 0.15) is 0 Å². The summed E-state index contributed by atoms with van der Waals surface area (Å²) in [5.41, 5.74) is 1.29. The summed E-state index contributed by atoms with van der Waals surface area (Å²) in [6.45, 7) is 7.34. The van der Waals surface area contributed by atoms with Crippen LogP contribution in [0.1, 0.15) is 49.2 Å². The van der Waals surface area contributed by atoms with Crippen LogP contribution in [0.2, 0.25) is 5.02 Å². The summed E-state index contributed by atoms with van der Waals surface area (Å²) in [4.78, 5) is 31.2. The predicted octanol–water partition coefficient (Wildman–Crippen LogP) is 5.10. The van der Waals surface area contributed by atoms with Crippen LogP contribution in [-0.4, -0.2) is 41.0 Å². The first-order valence-corrected chi connectivity index (χ1v) is 11.2. The van der Waals surface area contributed by atoms with Gasteiger partial charge in [0.15, 0.2) is 5.75 Å². The molecule has 31 heavy (non-hydrogen) atoms.